The molecule has 2 heterocycles. The maximum atomic E-state index is 12.2. The molecule has 106 valence electrons. The molecule has 1 fully saturated rings. The van der Waals surface area contributed by atoms with Crippen LogP contribution in [0.4, 0.5) is 0 Å². The molecule has 0 radical (unpaired) electrons. The van der Waals surface area contributed by atoms with Gasteiger partial charge in [0, 0.05) is 24.9 Å². The Hall–Kier alpha value is -2.43. The topological polar surface area (TPSA) is 63.4 Å². The summed E-state index contributed by atoms with van der Waals surface area (Å²) in [6, 6.07) is 8.86. The third kappa shape index (κ3) is 2.05. The summed E-state index contributed by atoms with van der Waals surface area (Å²) in [5.41, 5.74) is 1.96. The number of carbonyl (C=O) groups is 2. The van der Waals surface area contributed by atoms with Gasteiger partial charge in [-0.15, -0.1) is 0 Å². The van der Waals surface area contributed by atoms with Gasteiger partial charge in [0.15, 0.2) is 0 Å². The van der Waals surface area contributed by atoms with Gasteiger partial charge in [-0.3, -0.25) is 14.5 Å². The van der Waals surface area contributed by atoms with Gasteiger partial charge in [0.1, 0.15) is 5.76 Å². The fraction of sp³-hybridized carbons (Fsp3) is 0.312. The van der Waals surface area contributed by atoms with Crippen molar-refractivity contribution in [1.29, 1.82) is 0 Å². The van der Waals surface area contributed by atoms with Crippen molar-refractivity contribution < 1.29 is 14.1 Å². The van der Waals surface area contributed by atoms with E-state index in [9.17, 15) is 9.59 Å². The van der Waals surface area contributed by atoms with Crippen molar-refractivity contribution in [3.8, 4) is 0 Å². The standard InChI is InChI=1S/C16H14N2O3/c19-15-12-3-1-2-4-13(12)16(20)18(15)8-7-11-9-14(17-21-11)10-5-6-10/h1-4,9-10H,5-8H2. The van der Waals surface area contributed by atoms with Gasteiger partial charge in [0.2, 0.25) is 0 Å². The quantitative estimate of drug-likeness (QED) is 0.808. The first-order valence-corrected chi connectivity index (χ1v) is 7.15. The van der Waals surface area contributed by atoms with Gasteiger partial charge in [0.05, 0.1) is 16.8 Å². The minimum atomic E-state index is -0.225. The van der Waals surface area contributed by atoms with E-state index in [-0.39, 0.29) is 11.8 Å². The monoisotopic (exact) mass is 282 g/mol. The molecule has 1 aliphatic heterocycles. The number of hydrogen-bond donors (Lipinski definition) is 0. The minimum absolute atomic E-state index is 0.225. The van der Waals surface area contributed by atoms with Crippen LogP contribution >= 0.6 is 0 Å². The van der Waals surface area contributed by atoms with Crippen molar-refractivity contribution in [1.82, 2.24) is 10.1 Å². The van der Waals surface area contributed by atoms with E-state index in [4.69, 9.17) is 4.52 Å². The molecule has 5 nitrogen and oxygen atoms in total. The lowest BCUT2D eigenvalue weighted by Crippen LogP contribution is -2.31. The van der Waals surface area contributed by atoms with Crippen molar-refractivity contribution in [2.45, 2.75) is 25.2 Å². The number of carbonyl (C=O) groups excluding carboxylic acids is 2. The Morgan fingerprint density at radius 2 is 1.81 bits per heavy atom. The number of amides is 2. The summed E-state index contributed by atoms with van der Waals surface area (Å²) < 4.78 is 5.27. The van der Waals surface area contributed by atoms with Crippen molar-refractivity contribution >= 4 is 11.8 Å². The van der Waals surface area contributed by atoms with Gasteiger partial charge >= 0.3 is 0 Å². The summed E-state index contributed by atoms with van der Waals surface area (Å²) >= 11 is 0. The number of imide groups is 1. The van der Waals surface area contributed by atoms with E-state index in [0.29, 0.717) is 30.0 Å². The molecule has 21 heavy (non-hydrogen) atoms. The van der Waals surface area contributed by atoms with Gasteiger partial charge in [0.25, 0.3) is 11.8 Å². The van der Waals surface area contributed by atoms with E-state index in [1.807, 2.05) is 6.07 Å². The second-order valence-corrected chi connectivity index (χ2v) is 5.55. The van der Waals surface area contributed by atoms with Crippen molar-refractivity contribution in [3.05, 3.63) is 52.9 Å². The van der Waals surface area contributed by atoms with Crippen LogP contribution in [0.25, 0.3) is 0 Å². The van der Waals surface area contributed by atoms with Crippen molar-refractivity contribution in [2.75, 3.05) is 6.54 Å². The first-order valence-electron chi connectivity index (χ1n) is 7.15. The Labute approximate surface area is 121 Å². The molecule has 0 saturated heterocycles. The van der Waals surface area contributed by atoms with Crippen LogP contribution in [0.5, 0.6) is 0 Å². The lowest BCUT2D eigenvalue weighted by atomic mass is 10.1. The molecule has 0 spiro atoms. The number of aromatic nitrogens is 1. The summed E-state index contributed by atoms with van der Waals surface area (Å²) in [5, 5.41) is 4.04. The third-order valence-electron chi connectivity index (χ3n) is 4.03. The number of nitrogens with zero attached hydrogens (tertiary/aromatic N) is 2. The summed E-state index contributed by atoms with van der Waals surface area (Å²) in [6.07, 6.45) is 2.85. The molecule has 2 aliphatic rings. The second kappa shape index (κ2) is 4.55. The molecule has 0 unspecified atom stereocenters. The van der Waals surface area contributed by atoms with E-state index >= 15 is 0 Å². The molecule has 1 saturated carbocycles. The van der Waals surface area contributed by atoms with Crippen LogP contribution in [0.2, 0.25) is 0 Å². The maximum Gasteiger partial charge on any atom is 0.261 e. The van der Waals surface area contributed by atoms with Crippen LogP contribution in [-0.2, 0) is 6.42 Å². The molecule has 1 aromatic carbocycles. The van der Waals surface area contributed by atoms with E-state index in [0.717, 1.165) is 11.5 Å². The molecular weight excluding hydrogens is 268 g/mol. The molecule has 2 aromatic rings. The molecule has 1 aromatic heterocycles. The smallest absolute Gasteiger partial charge is 0.261 e. The van der Waals surface area contributed by atoms with Gasteiger partial charge in [-0.1, -0.05) is 17.3 Å². The van der Waals surface area contributed by atoms with Crippen LogP contribution in [0.3, 0.4) is 0 Å². The largest absolute Gasteiger partial charge is 0.361 e. The summed E-state index contributed by atoms with van der Waals surface area (Å²) in [5.74, 6) is 0.824. The zero-order valence-corrected chi connectivity index (χ0v) is 11.4. The Kier molecular flexibility index (Phi) is 2.67. The predicted molar refractivity (Wildman–Crippen MR) is 74.0 cm³/mol. The van der Waals surface area contributed by atoms with Crippen LogP contribution < -0.4 is 0 Å². The second-order valence-electron chi connectivity index (χ2n) is 5.55. The lowest BCUT2D eigenvalue weighted by molar-refractivity contribution is 0.0654. The molecule has 0 N–H and O–H groups in total. The summed E-state index contributed by atoms with van der Waals surface area (Å²) in [7, 11) is 0. The van der Waals surface area contributed by atoms with Crippen LogP contribution in [0.15, 0.2) is 34.9 Å². The Morgan fingerprint density at radius 3 is 2.43 bits per heavy atom. The van der Waals surface area contributed by atoms with E-state index in [1.165, 1.54) is 17.7 Å². The van der Waals surface area contributed by atoms with E-state index < -0.39 is 0 Å². The fourth-order valence-corrected chi connectivity index (χ4v) is 2.68. The molecule has 2 amide bonds. The Bertz CT molecular complexity index is 696. The number of rotatable bonds is 4. The zero-order valence-electron chi connectivity index (χ0n) is 11.4. The van der Waals surface area contributed by atoms with Gasteiger partial charge < -0.3 is 4.52 Å². The highest BCUT2D eigenvalue weighted by molar-refractivity contribution is 6.21. The Balaban J connectivity index is 1.48. The molecule has 5 heteroatoms. The first-order chi connectivity index (χ1) is 10.2. The normalized spacial score (nSPS) is 17.4. The van der Waals surface area contributed by atoms with Gasteiger partial charge in [-0.05, 0) is 25.0 Å². The SMILES string of the molecule is O=C1c2ccccc2C(=O)N1CCc1cc(C2CC2)no1. The molecule has 0 atom stereocenters. The number of benzene rings is 1. The minimum Gasteiger partial charge on any atom is -0.361 e. The maximum absolute atomic E-state index is 12.2. The van der Waals surface area contributed by atoms with Gasteiger partial charge in [-0.25, -0.2) is 0 Å². The first kappa shape index (κ1) is 12.3. The molecule has 0 bridgehead atoms. The molecule has 1 aliphatic carbocycles. The zero-order chi connectivity index (χ0) is 14.4. The molecule has 4 rings (SSSR count). The Morgan fingerprint density at radius 1 is 1.14 bits per heavy atom. The summed E-state index contributed by atoms with van der Waals surface area (Å²) in [4.78, 5) is 25.7. The fourth-order valence-electron chi connectivity index (χ4n) is 2.68. The van der Waals surface area contributed by atoms with Crippen LogP contribution in [-0.4, -0.2) is 28.4 Å². The average Bonchev–Trinajstić information content (AvgIpc) is 3.20. The van der Waals surface area contributed by atoms with E-state index in [1.54, 1.807) is 24.3 Å². The number of fused-ring (bicyclic) bond motifs is 1. The van der Waals surface area contributed by atoms with Gasteiger partial charge in [-0.2, -0.15) is 0 Å². The average molecular weight is 282 g/mol. The molecular formula is C16H14N2O3. The summed E-state index contributed by atoms with van der Waals surface area (Å²) in [6.45, 7) is 0.325. The van der Waals surface area contributed by atoms with Crippen LogP contribution in [0, 0.1) is 0 Å². The highest BCUT2D eigenvalue weighted by Crippen LogP contribution is 2.39. The predicted octanol–water partition coefficient (Wildman–Crippen LogP) is 2.39. The number of hydrogen-bond acceptors (Lipinski definition) is 4. The highest BCUT2D eigenvalue weighted by Gasteiger charge is 2.35. The van der Waals surface area contributed by atoms with Crippen molar-refractivity contribution in [2.24, 2.45) is 0 Å². The van der Waals surface area contributed by atoms with Crippen molar-refractivity contribution in [3.63, 3.8) is 0 Å². The van der Waals surface area contributed by atoms with Crippen LogP contribution in [0.1, 0.15) is 50.9 Å². The third-order valence-corrected chi connectivity index (χ3v) is 4.03. The van der Waals surface area contributed by atoms with E-state index in [2.05, 4.69) is 5.16 Å². The lowest BCUT2D eigenvalue weighted by Gasteiger charge is -2.11. The highest BCUT2D eigenvalue weighted by atomic mass is 16.5.